The van der Waals surface area contributed by atoms with Crippen LogP contribution in [0.4, 0.5) is 0 Å². The van der Waals surface area contributed by atoms with Crippen molar-refractivity contribution in [1.29, 1.82) is 0 Å². The lowest BCUT2D eigenvalue weighted by Gasteiger charge is -2.37. The van der Waals surface area contributed by atoms with E-state index in [0.717, 1.165) is 128 Å². The highest BCUT2D eigenvalue weighted by atomic mass is 16.6. The highest BCUT2D eigenvalue weighted by Gasteiger charge is 2.42. The summed E-state index contributed by atoms with van der Waals surface area (Å²) in [7, 11) is 0. The third-order valence-electron chi connectivity index (χ3n) is 11.4. The highest BCUT2D eigenvalue weighted by Crippen LogP contribution is 2.32. The molecule has 0 amide bonds. The van der Waals surface area contributed by atoms with E-state index in [1.165, 1.54) is 0 Å². The van der Waals surface area contributed by atoms with E-state index in [4.69, 9.17) is 23.7 Å². The molecule has 0 N–H and O–H groups in total. The van der Waals surface area contributed by atoms with Crippen LogP contribution in [-0.4, -0.2) is 61.5 Å². The van der Waals surface area contributed by atoms with Crippen molar-refractivity contribution in [2.75, 3.05) is 26.4 Å². The van der Waals surface area contributed by atoms with E-state index in [1.54, 1.807) is 0 Å². The van der Waals surface area contributed by atoms with Gasteiger partial charge in [-0.05, 0) is 64.2 Å². The molecule has 0 heterocycles. The summed E-state index contributed by atoms with van der Waals surface area (Å²) in [5, 5.41) is 0. The van der Waals surface area contributed by atoms with Crippen molar-refractivity contribution in [2.45, 2.75) is 166 Å². The molecule has 268 valence electrons. The minimum absolute atomic E-state index is 0.0286. The number of ether oxygens (including phenoxy) is 5. The number of rotatable bonds is 16. The Hall–Kier alpha value is -2.16. The third-order valence-corrected chi connectivity index (χ3v) is 11.4. The predicted molar refractivity (Wildman–Crippen MR) is 177 cm³/mol. The van der Waals surface area contributed by atoms with Crippen molar-refractivity contribution in [3.05, 3.63) is 0 Å². The third kappa shape index (κ3) is 11.5. The van der Waals surface area contributed by atoms with Crippen LogP contribution in [0.2, 0.25) is 0 Å². The molecule has 47 heavy (non-hydrogen) atoms. The Kier molecular flexibility index (Phi) is 15.3. The fourth-order valence-electron chi connectivity index (χ4n) is 7.76. The molecule has 4 fully saturated rings. The maximum absolute atomic E-state index is 13.4. The normalized spacial score (nSPS) is 23.2. The topological polar surface area (TPSA) is 114 Å². The van der Waals surface area contributed by atoms with Gasteiger partial charge >= 0.3 is 23.9 Å². The summed E-state index contributed by atoms with van der Waals surface area (Å²) in [5.74, 6) is -1.61. The van der Waals surface area contributed by atoms with Gasteiger partial charge in [0.25, 0.3) is 0 Å². The number of carbonyl (C=O) groups excluding carboxylic acids is 4. The molecule has 0 radical (unpaired) electrons. The van der Waals surface area contributed by atoms with Crippen molar-refractivity contribution in [3.63, 3.8) is 0 Å². The summed E-state index contributed by atoms with van der Waals surface area (Å²) in [5.41, 5.74) is -2.35. The monoisotopic (exact) mass is 662 g/mol. The van der Waals surface area contributed by atoms with Crippen molar-refractivity contribution in [2.24, 2.45) is 23.7 Å². The summed E-state index contributed by atoms with van der Waals surface area (Å²) in [6, 6.07) is 0. The zero-order valence-corrected chi connectivity index (χ0v) is 29.4. The zero-order chi connectivity index (χ0) is 33.5. The van der Waals surface area contributed by atoms with E-state index in [0.29, 0.717) is 12.8 Å². The van der Waals surface area contributed by atoms with Crippen LogP contribution >= 0.6 is 0 Å². The van der Waals surface area contributed by atoms with E-state index in [-0.39, 0.29) is 74.0 Å². The molecule has 9 nitrogen and oxygen atoms in total. The number of carbonyl (C=O) groups is 4. The lowest BCUT2D eigenvalue weighted by atomic mass is 9.89. The summed E-state index contributed by atoms with van der Waals surface area (Å²) >= 11 is 0. The van der Waals surface area contributed by atoms with E-state index in [9.17, 15) is 19.2 Å². The number of hydrogen-bond acceptors (Lipinski definition) is 9. The first-order chi connectivity index (χ1) is 22.8. The molecule has 0 aliphatic heterocycles. The van der Waals surface area contributed by atoms with Crippen LogP contribution in [0.15, 0.2) is 0 Å². The van der Waals surface area contributed by atoms with Gasteiger partial charge in [0, 0.05) is 0 Å². The van der Waals surface area contributed by atoms with Crippen molar-refractivity contribution >= 4 is 23.9 Å². The maximum atomic E-state index is 13.4. The molecule has 4 aliphatic carbocycles. The van der Waals surface area contributed by atoms with Gasteiger partial charge in [-0.25, -0.2) is 0 Å². The van der Waals surface area contributed by atoms with E-state index in [2.05, 4.69) is 0 Å². The second-order valence-electron chi connectivity index (χ2n) is 15.0. The van der Waals surface area contributed by atoms with Crippen molar-refractivity contribution < 1.29 is 42.9 Å². The molecule has 0 aromatic rings. The molecule has 4 aliphatic rings. The second-order valence-corrected chi connectivity index (χ2v) is 15.0. The summed E-state index contributed by atoms with van der Waals surface area (Å²) in [6.07, 6.45) is 19.8. The minimum Gasteiger partial charge on any atom is -0.461 e. The van der Waals surface area contributed by atoms with Crippen LogP contribution in [0, 0.1) is 23.7 Å². The van der Waals surface area contributed by atoms with Gasteiger partial charge in [0.05, 0.1) is 36.9 Å². The van der Waals surface area contributed by atoms with Crippen LogP contribution < -0.4 is 0 Å². The van der Waals surface area contributed by atoms with E-state index in [1.807, 2.05) is 13.8 Å². The second kappa shape index (κ2) is 19.1. The number of hydrogen-bond donors (Lipinski definition) is 0. The molecule has 0 aromatic heterocycles. The Morgan fingerprint density at radius 1 is 0.426 bits per heavy atom. The first-order valence-corrected chi connectivity index (χ1v) is 19.2. The van der Waals surface area contributed by atoms with Crippen LogP contribution in [0.3, 0.4) is 0 Å². The average Bonchev–Trinajstić information content (AvgIpc) is 3.13. The van der Waals surface area contributed by atoms with Crippen LogP contribution in [0.25, 0.3) is 0 Å². The fourth-order valence-corrected chi connectivity index (χ4v) is 7.76. The lowest BCUT2D eigenvalue weighted by molar-refractivity contribution is -0.201. The average molecular weight is 663 g/mol. The smallest absolute Gasteiger partial charge is 0.309 e. The molecule has 0 bridgehead atoms. The fraction of sp³-hybridized carbons (Fsp3) is 0.895. The standard InChI is InChI=1S/C38H62O9/c1-3-37(46-35(41)31-21-13-7-14-22-31,27-44-33(39)29-17-9-5-10-18-29)25-43-26-38(4-2,47-36(42)32-23-15-8-16-24-32)28-45-34(40)30-19-11-6-12-20-30/h29-32H,3-28H2,1-2H3. The molecule has 9 heteroatoms. The van der Waals surface area contributed by atoms with Crippen LogP contribution in [-0.2, 0) is 42.9 Å². The van der Waals surface area contributed by atoms with Gasteiger partial charge in [0.1, 0.15) is 13.2 Å². The van der Waals surface area contributed by atoms with Crippen molar-refractivity contribution in [1.82, 2.24) is 0 Å². The maximum Gasteiger partial charge on any atom is 0.309 e. The first kappa shape index (κ1) is 37.7. The molecule has 0 aromatic carbocycles. The van der Waals surface area contributed by atoms with Gasteiger partial charge in [-0.1, -0.05) is 90.9 Å². The van der Waals surface area contributed by atoms with Gasteiger partial charge in [-0.15, -0.1) is 0 Å². The minimum atomic E-state index is -1.18. The largest absolute Gasteiger partial charge is 0.461 e. The quantitative estimate of drug-likeness (QED) is 0.121. The van der Waals surface area contributed by atoms with Crippen LogP contribution in [0.5, 0.6) is 0 Å². The summed E-state index contributed by atoms with van der Waals surface area (Å²) in [6.45, 7) is 3.59. The van der Waals surface area contributed by atoms with Gasteiger partial charge in [-0.2, -0.15) is 0 Å². The van der Waals surface area contributed by atoms with Crippen molar-refractivity contribution in [3.8, 4) is 0 Å². The molecule has 4 saturated carbocycles. The number of esters is 4. The molecule has 2 unspecified atom stereocenters. The molecule has 4 rings (SSSR count). The van der Waals surface area contributed by atoms with Gasteiger partial charge in [-0.3, -0.25) is 19.2 Å². The van der Waals surface area contributed by atoms with Crippen LogP contribution in [0.1, 0.15) is 155 Å². The Bertz CT molecular complexity index is 911. The molecular weight excluding hydrogens is 600 g/mol. The summed E-state index contributed by atoms with van der Waals surface area (Å²) in [4.78, 5) is 53.0. The lowest BCUT2D eigenvalue weighted by Crippen LogP contribution is -2.50. The Morgan fingerprint density at radius 2 is 0.702 bits per heavy atom. The van der Waals surface area contributed by atoms with E-state index >= 15 is 0 Å². The van der Waals surface area contributed by atoms with Gasteiger partial charge < -0.3 is 23.7 Å². The summed E-state index contributed by atoms with van der Waals surface area (Å²) < 4.78 is 30.6. The highest BCUT2D eigenvalue weighted by molar-refractivity contribution is 5.75. The van der Waals surface area contributed by atoms with Gasteiger partial charge in [0.15, 0.2) is 11.2 Å². The molecule has 0 spiro atoms. The zero-order valence-electron chi connectivity index (χ0n) is 29.4. The Balaban J connectivity index is 1.46. The molecule has 0 saturated heterocycles. The Morgan fingerprint density at radius 3 is 0.979 bits per heavy atom. The SMILES string of the molecule is CCC(COCC(CC)(COC(=O)C1CCCCC1)OC(=O)C1CCCCC1)(COC(=O)C1CCCCC1)OC(=O)C1CCCCC1. The first-order valence-electron chi connectivity index (χ1n) is 19.2. The molecular formula is C38H62O9. The Labute approximate surface area is 282 Å². The predicted octanol–water partition coefficient (Wildman–Crippen LogP) is 7.79. The molecule has 2 atom stereocenters. The van der Waals surface area contributed by atoms with Gasteiger partial charge in [0.2, 0.25) is 0 Å². The van der Waals surface area contributed by atoms with E-state index < -0.39 is 11.2 Å².